The number of aliphatic hydroxyl groups is 1. The lowest BCUT2D eigenvalue weighted by Crippen LogP contribution is -2.53. The topological polar surface area (TPSA) is 59.4 Å². The van der Waals surface area contributed by atoms with Gasteiger partial charge in [-0.3, -0.25) is 4.98 Å². The van der Waals surface area contributed by atoms with E-state index in [-0.39, 0.29) is 29.7 Å². The van der Waals surface area contributed by atoms with Crippen LogP contribution < -0.4 is 0 Å². The number of esters is 1. The molecule has 0 radical (unpaired) electrons. The highest BCUT2D eigenvalue weighted by atomic mass is 19.1. The van der Waals surface area contributed by atoms with Gasteiger partial charge in [-0.05, 0) is 60.9 Å². The predicted octanol–water partition coefficient (Wildman–Crippen LogP) is 4.88. The number of hydrogen-bond donors (Lipinski definition) is 1. The zero-order chi connectivity index (χ0) is 21.5. The van der Waals surface area contributed by atoms with E-state index in [2.05, 4.69) is 24.9 Å². The number of cyclic esters (lactones) is 1. The molecule has 2 aliphatic rings. The highest BCUT2D eigenvalue weighted by Crippen LogP contribution is 2.52. The van der Waals surface area contributed by atoms with Gasteiger partial charge in [-0.25, -0.2) is 9.18 Å². The smallest absolute Gasteiger partial charge is 0.338 e. The Morgan fingerprint density at radius 1 is 1.27 bits per heavy atom. The third-order valence-electron chi connectivity index (χ3n) is 6.88. The van der Waals surface area contributed by atoms with Crippen LogP contribution in [0.1, 0.15) is 39.3 Å². The SMILES string of the molecule is CCC1C(C)CC2(O)C(=O)OC(C)C2C1/C=C/c1ccc(-c2cccc(F)c2)cn1. The molecule has 1 saturated heterocycles. The van der Waals surface area contributed by atoms with E-state index in [9.17, 15) is 14.3 Å². The summed E-state index contributed by atoms with van der Waals surface area (Å²) in [5, 5.41) is 11.1. The number of pyridine rings is 1. The summed E-state index contributed by atoms with van der Waals surface area (Å²) in [6.45, 7) is 6.13. The molecule has 0 bridgehead atoms. The highest BCUT2D eigenvalue weighted by Gasteiger charge is 2.62. The molecule has 1 aromatic heterocycles. The molecule has 4 rings (SSSR count). The van der Waals surface area contributed by atoms with E-state index in [1.165, 1.54) is 12.1 Å². The maximum atomic E-state index is 13.5. The monoisotopic (exact) mass is 409 g/mol. The fourth-order valence-electron chi connectivity index (χ4n) is 5.50. The molecule has 1 aromatic carbocycles. The van der Waals surface area contributed by atoms with Crippen molar-refractivity contribution in [3.63, 3.8) is 0 Å². The summed E-state index contributed by atoms with van der Waals surface area (Å²) in [5.41, 5.74) is 1.01. The van der Waals surface area contributed by atoms with E-state index in [4.69, 9.17) is 4.74 Å². The second-order valence-corrected chi connectivity index (χ2v) is 8.73. The van der Waals surface area contributed by atoms with E-state index in [1.807, 2.05) is 31.2 Å². The summed E-state index contributed by atoms with van der Waals surface area (Å²) in [7, 11) is 0. The first-order valence-electron chi connectivity index (χ1n) is 10.7. The zero-order valence-electron chi connectivity index (χ0n) is 17.6. The van der Waals surface area contributed by atoms with Gasteiger partial charge < -0.3 is 9.84 Å². The van der Waals surface area contributed by atoms with Crippen molar-refractivity contribution in [2.75, 3.05) is 0 Å². The van der Waals surface area contributed by atoms with Crippen molar-refractivity contribution < 1.29 is 19.0 Å². The first-order chi connectivity index (χ1) is 14.3. The predicted molar refractivity (Wildman–Crippen MR) is 114 cm³/mol. The van der Waals surface area contributed by atoms with Crippen molar-refractivity contribution >= 4 is 12.0 Å². The molecule has 2 heterocycles. The fraction of sp³-hybridized carbons (Fsp3) is 0.440. The first kappa shape index (κ1) is 20.7. The molecular weight excluding hydrogens is 381 g/mol. The van der Waals surface area contributed by atoms with Gasteiger partial charge in [0.2, 0.25) is 0 Å². The quantitative estimate of drug-likeness (QED) is 0.732. The van der Waals surface area contributed by atoms with Gasteiger partial charge in [0.1, 0.15) is 11.9 Å². The van der Waals surface area contributed by atoms with Crippen LogP contribution in [0, 0.1) is 29.5 Å². The summed E-state index contributed by atoms with van der Waals surface area (Å²) in [6.07, 6.45) is 6.87. The highest BCUT2D eigenvalue weighted by molar-refractivity contribution is 5.82. The van der Waals surface area contributed by atoms with Crippen molar-refractivity contribution in [1.82, 2.24) is 4.98 Å². The second-order valence-electron chi connectivity index (χ2n) is 8.73. The average Bonchev–Trinajstić information content (AvgIpc) is 2.94. The van der Waals surface area contributed by atoms with Gasteiger partial charge in [-0.2, -0.15) is 0 Å². The van der Waals surface area contributed by atoms with Crippen LogP contribution >= 0.6 is 0 Å². The number of fused-ring (bicyclic) bond motifs is 1. The largest absolute Gasteiger partial charge is 0.460 e. The van der Waals surface area contributed by atoms with E-state index < -0.39 is 11.6 Å². The summed E-state index contributed by atoms with van der Waals surface area (Å²) in [6, 6.07) is 10.3. The van der Waals surface area contributed by atoms with Gasteiger partial charge in [0.25, 0.3) is 0 Å². The molecule has 2 aromatic rings. The lowest BCUT2D eigenvalue weighted by atomic mass is 9.59. The summed E-state index contributed by atoms with van der Waals surface area (Å²) >= 11 is 0. The minimum Gasteiger partial charge on any atom is -0.460 e. The Morgan fingerprint density at radius 3 is 2.73 bits per heavy atom. The normalized spacial score (nSPS) is 33.5. The van der Waals surface area contributed by atoms with Crippen LogP contribution in [0.2, 0.25) is 0 Å². The summed E-state index contributed by atoms with van der Waals surface area (Å²) in [4.78, 5) is 16.9. The number of aromatic nitrogens is 1. The average molecular weight is 410 g/mol. The molecule has 6 unspecified atom stereocenters. The number of halogens is 1. The number of carbonyl (C=O) groups is 1. The van der Waals surface area contributed by atoms with Gasteiger partial charge in [-0.15, -0.1) is 0 Å². The van der Waals surface area contributed by atoms with Gasteiger partial charge in [0, 0.05) is 17.7 Å². The van der Waals surface area contributed by atoms with Crippen LogP contribution in [0.15, 0.2) is 48.7 Å². The zero-order valence-corrected chi connectivity index (χ0v) is 17.6. The molecule has 1 aliphatic carbocycles. The molecule has 0 spiro atoms. The Labute approximate surface area is 176 Å². The van der Waals surface area contributed by atoms with Crippen molar-refractivity contribution in [2.24, 2.45) is 23.7 Å². The molecular formula is C25H28FNO3. The Hall–Kier alpha value is -2.53. The minimum absolute atomic E-state index is 0.0231. The molecule has 5 heteroatoms. The molecule has 158 valence electrons. The molecule has 4 nitrogen and oxygen atoms in total. The number of carbonyl (C=O) groups excluding carboxylic acids is 1. The Morgan fingerprint density at radius 2 is 2.07 bits per heavy atom. The van der Waals surface area contributed by atoms with Crippen LogP contribution in [0.5, 0.6) is 0 Å². The number of hydrogen-bond acceptors (Lipinski definition) is 4. The van der Waals surface area contributed by atoms with Crippen LogP contribution in [-0.4, -0.2) is 27.8 Å². The molecule has 1 saturated carbocycles. The molecule has 2 fully saturated rings. The maximum absolute atomic E-state index is 13.5. The van der Waals surface area contributed by atoms with Crippen molar-refractivity contribution in [3.8, 4) is 11.1 Å². The van der Waals surface area contributed by atoms with Crippen LogP contribution in [0.4, 0.5) is 4.39 Å². The van der Waals surface area contributed by atoms with Crippen molar-refractivity contribution in [3.05, 3.63) is 60.2 Å². The number of benzene rings is 1. The van der Waals surface area contributed by atoms with Crippen LogP contribution in [-0.2, 0) is 9.53 Å². The maximum Gasteiger partial charge on any atom is 0.338 e. The molecule has 30 heavy (non-hydrogen) atoms. The standard InChI is InChI=1S/C25H28FNO3/c1-4-21-15(2)13-25(29)23(16(3)30-24(25)28)22(21)11-10-20-9-8-18(14-27-20)17-6-5-7-19(26)12-17/h5-12,14-16,21-23,29H,4,13H2,1-3H3/b11-10+. The molecule has 6 atom stereocenters. The number of nitrogens with zero attached hydrogens (tertiary/aromatic N) is 1. The second kappa shape index (κ2) is 7.95. The molecule has 1 aliphatic heterocycles. The third-order valence-corrected chi connectivity index (χ3v) is 6.88. The molecule has 1 N–H and O–H groups in total. The van der Waals surface area contributed by atoms with E-state index in [1.54, 1.807) is 12.3 Å². The first-order valence-corrected chi connectivity index (χ1v) is 10.7. The van der Waals surface area contributed by atoms with Crippen molar-refractivity contribution in [1.29, 1.82) is 0 Å². The lowest BCUT2D eigenvalue weighted by Gasteiger charge is -2.45. The number of allylic oxidation sites excluding steroid dienone is 1. The third kappa shape index (κ3) is 3.56. The summed E-state index contributed by atoms with van der Waals surface area (Å²) in [5.74, 6) is -0.424. The van der Waals surface area contributed by atoms with Crippen LogP contribution in [0.3, 0.4) is 0 Å². The van der Waals surface area contributed by atoms with E-state index >= 15 is 0 Å². The minimum atomic E-state index is -1.41. The Bertz CT molecular complexity index is 957. The van der Waals surface area contributed by atoms with Gasteiger partial charge in [0.05, 0.1) is 5.69 Å². The number of rotatable bonds is 4. The van der Waals surface area contributed by atoms with E-state index in [0.29, 0.717) is 12.3 Å². The Kier molecular flexibility index (Phi) is 5.49. The summed E-state index contributed by atoms with van der Waals surface area (Å²) < 4.78 is 18.9. The van der Waals surface area contributed by atoms with Crippen molar-refractivity contribution in [2.45, 2.75) is 45.3 Å². The Balaban J connectivity index is 1.60. The fourth-order valence-corrected chi connectivity index (χ4v) is 5.50. The lowest BCUT2D eigenvalue weighted by molar-refractivity contribution is -0.160. The molecule has 0 amide bonds. The number of ether oxygens (including phenoxy) is 1. The van der Waals surface area contributed by atoms with Gasteiger partial charge in [-0.1, -0.05) is 44.5 Å². The van der Waals surface area contributed by atoms with Gasteiger partial charge >= 0.3 is 5.97 Å². The van der Waals surface area contributed by atoms with E-state index in [0.717, 1.165) is 23.2 Å². The van der Waals surface area contributed by atoms with Gasteiger partial charge in [0.15, 0.2) is 5.60 Å². The van der Waals surface area contributed by atoms with Crippen LogP contribution in [0.25, 0.3) is 17.2 Å².